The molecule has 0 bridgehead atoms. The minimum atomic E-state index is -0.538. The molecule has 1 aromatic carbocycles. The Morgan fingerprint density at radius 3 is 2.86 bits per heavy atom. The first-order chi connectivity index (χ1) is 9.75. The van der Waals surface area contributed by atoms with Gasteiger partial charge in [0.25, 0.3) is 0 Å². The van der Waals surface area contributed by atoms with Crippen LogP contribution in [0.3, 0.4) is 0 Å². The van der Waals surface area contributed by atoms with E-state index in [1.54, 1.807) is 0 Å². The Bertz CT molecular complexity index is 411. The van der Waals surface area contributed by atoms with Gasteiger partial charge in [-0.15, -0.1) is 12.4 Å². The molecule has 118 valence electrons. The number of amides is 1. The summed E-state index contributed by atoms with van der Waals surface area (Å²) in [4.78, 5) is 11.7. The molecule has 1 saturated heterocycles. The molecule has 1 aromatic rings. The van der Waals surface area contributed by atoms with E-state index in [0.29, 0.717) is 26.0 Å². The number of ether oxygens (including phenoxy) is 1. The number of aliphatic hydroxyl groups is 1. The lowest BCUT2D eigenvalue weighted by atomic mass is 10.1. The van der Waals surface area contributed by atoms with Crippen molar-refractivity contribution in [3.8, 4) is 0 Å². The molecule has 21 heavy (non-hydrogen) atoms. The molecule has 2 atom stereocenters. The van der Waals surface area contributed by atoms with Gasteiger partial charge in [0, 0.05) is 19.6 Å². The second-order valence-electron chi connectivity index (χ2n) is 4.97. The average Bonchev–Trinajstić information content (AvgIpc) is 2.49. The maximum absolute atomic E-state index is 11.7. The maximum atomic E-state index is 11.7. The summed E-state index contributed by atoms with van der Waals surface area (Å²) >= 11 is 0. The number of aliphatic hydroxyl groups excluding tert-OH is 1. The lowest BCUT2D eigenvalue weighted by molar-refractivity contribution is -0.124. The van der Waals surface area contributed by atoms with Crippen LogP contribution in [0.4, 0.5) is 0 Å². The van der Waals surface area contributed by atoms with Gasteiger partial charge in [-0.3, -0.25) is 4.79 Å². The topological polar surface area (TPSA) is 70.6 Å². The number of morpholine rings is 1. The Kier molecular flexibility index (Phi) is 8.30. The van der Waals surface area contributed by atoms with Crippen LogP contribution in [-0.2, 0) is 9.53 Å². The van der Waals surface area contributed by atoms with Crippen LogP contribution >= 0.6 is 12.4 Å². The van der Waals surface area contributed by atoms with E-state index in [-0.39, 0.29) is 24.4 Å². The summed E-state index contributed by atoms with van der Waals surface area (Å²) in [5, 5.41) is 16.0. The molecule has 0 saturated carbocycles. The molecular weight excluding hydrogens is 292 g/mol. The van der Waals surface area contributed by atoms with Crippen molar-refractivity contribution in [3.63, 3.8) is 0 Å². The molecule has 1 fully saturated rings. The number of benzene rings is 1. The zero-order valence-corrected chi connectivity index (χ0v) is 12.8. The molecule has 0 radical (unpaired) electrons. The highest BCUT2D eigenvalue weighted by atomic mass is 35.5. The summed E-state index contributed by atoms with van der Waals surface area (Å²) < 4.78 is 5.47. The fraction of sp³-hybridized carbons (Fsp3) is 0.533. The first-order valence-electron chi connectivity index (χ1n) is 7.08. The zero-order chi connectivity index (χ0) is 14.2. The monoisotopic (exact) mass is 314 g/mol. The van der Waals surface area contributed by atoms with Gasteiger partial charge in [0.2, 0.25) is 5.91 Å². The van der Waals surface area contributed by atoms with Crippen LogP contribution in [0.15, 0.2) is 30.3 Å². The first-order valence-corrected chi connectivity index (χ1v) is 7.08. The van der Waals surface area contributed by atoms with Gasteiger partial charge in [0.05, 0.1) is 25.2 Å². The van der Waals surface area contributed by atoms with Crippen LogP contribution < -0.4 is 10.6 Å². The predicted octanol–water partition coefficient (Wildman–Crippen LogP) is 1.03. The third-order valence-electron chi connectivity index (χ3n) is 3.34. The molecule has 1 aliphatic heterocycles. The van der Waals surface area contributed by atoms with Crippen molar-refractivity contribution >= 4 is 18.3 Å². The molecule has 5 nitrogen and oxygen atoms in total. The number of halogens is 1. The number of hydrogen-bond donors (Lipinski definition) is 3. The van der Waals surface area contributed by atoms with Crippen LogP contribution in [0.1, 0.15) is 24.5 Å². The van der Waals surface area contributed by atoms with Gasteiger partial charge < -0.3 is 20.5 Å². The van der Waals surface area contributed by atoms with E-state index >= 15 is 0 Å². The highest BCUT2D eigenvalue weighted by Crippen LogP contribution is 2.14. The second-order valence-corrected chi connectivity index (χ2v) is 4.97. The SMILES string of the molecule is Cl.O=C(CC1CNCCO1)NCCC(O)c1ccccc1. The van der Waals surface area contributed by atoms with Crippen LogP contribution in [0.2, 0.25) is 0 Å². The first kappa shape index (κ1) is 17.9. The third-order valence-corrected chi connectivity index (χ3v) is 3.34. The molecule has 6 heteroatoms. The van der Waals surface area contributed by atoms with E-state index in [2.05, 4.69) is 10.6 Å². The number of hydrogen-bond acceptors (Lipinski definition) is 4. The normalized spacial score (nSPS) is 19.4. The van der Waals surface area contributed by atoms with Gasteiger partial charge in [-0.1, -0.05) is 30.3 Å². The van der Waals surface area contributed by atoms with Crippen molar-refractivity contribution in [2.24, 2.45) is 0 Å². The quantitative estimate of drug-likeness (QED) is 0.733. The highest BCUT2D eigenvalue weighted by Gasteiger charge is 2.17. The third kappa shape index (κ3) is 6.44. The average molecular weight is 315 g/mol. The van der Waals surface area contributed by atoms with Gasteiger partial charge in [-0.25, -0.2) is 0 Å². The molecule has 0 aliphatic carbocycles. The van der Waals surface area contributed by atoms with Crippen molar-refractivity contribution in [2.45, 2.75) is 25.0 Å². The van der Waals surface area contributed by atoms with E-state index in [1.807, 2.05) is 30.3 Å². The Labute approximate surface area is 131 Å². The number of rotatable bonds is 6. The zero-order valence-electron chi connectivity index (χ0n) is 12.0. The van der Waals surface area contributed by atoms with Crippen LogP contribution in [0.5, 0.6) is 0 Å². The van der Waals surface area contributed by atoms with E-state index in [9.17, 15) is 9.90 Å². The minimum Gasteiger partial charge on any atom is -0.388 e. The van der Waals surface area contributed by atoms with Crippen LogP contribution in [-0.4, -0.2) is 43.4 Å². The largest absolute Gasteiger partial charge is 0.388 e. The molecule has 0 aromatic heterocycles. The summed E-state index contributed by atoms with van der Waals surface area (Å²) in [5.41, 5.74) is 0.876. The lowest BCUT2D eigenvalue weighted by Gasteiger charge is -2.23. The van der Waals surface area contributed by atoms with Crippen molar-refractivity contribution in [2.75, 3.05) is 26.2 Å². The molecule has 1 aliphatic rings. The van der Waals surface area contributed by atoms with Gasteiger partial charge in [-0.05, 0) is 12.0 Å². The lowest BCUT2D eigenvalue weighted by Crippen LogP contribution is -2.41. The summed E-state index contributed by atoms with van der Waals surface area (Å²) in [7, 11) is 0. The fourth-order valence-electron chi connectivity index (χ4n) is 2.22. The molecular formula is C15H23ClN2O3. The number of nitrogens with one attached hydrogen (secondary N) is 2. The van der Waals surface area contributed by atoms with Crippen molar-refractivity contribution in [1.82, 2.24) is 10.6 Å². The summed E-state index contributed by atoms with van der Waals surface area (Å²) in [6.07, 6.45) is 0.306. The Morgan fingerprint density at radius 1 is 1.43 bits per heavy atom. The van der Waals surface area contributed by atoms with Crippen LogP contribution in [0, 0.1) is 0 Å². The highest BCUT2D eigenvalue weighted by molar-refractivity contribution is 5.85. The smallest absolute Gasteiger partial charge is 0.222 e. The Hall–Kier alpha value is -1.14. The fourth-order valence-corrected chi connectivity index (χ4v) is 2.22. The predicted molar refractivity (Wildman–Crippen MR) is 83.5 cm³/mol. The standard InChI is InChI=1S/C15H22N2O3.ClH/c18-14(12-4-2-1-3-5-12)6-7-17-15(19)10-13-11-16-8-9-20-13;/h1-5,13-14,16,18H,6-11H2,(H,17,19);1H. The second kappa shape index (κ2) is 9.73. The summed E-state index contributed by atoms with van der Waals surface area (Å²) in [6.45, 7) is 2.70. The number of carbonyl (C=O) groups is 1. The van der Waals surface area contributed by atoms with Crippen molar-refractivity contribution in [3.05, 3.63) is 35.9 Å². The van der Waals surface area contributed by atoms with Crippen LogP contribution in [0.25, 0.3) is 0 Å². The molecule has 1 amide bonds. The summed E-state index contributed by atoms with van der Waals surface area (Å²) in [6, 6.07) is 9.47. The molecule has 2 rings (SSSR count). The Morgan fingerprint density at radius 2 is 2.19 bits per heavy atom. The van der Waals surface area contributed by atoms with E-state index in [4.69, 9.17) is 4.74 Å². The van der Waals surface area contributed by atoms with Gasteiger partial charge in [-0.2, -0.15) is 0 Å². The van der Waals surface area contributed by atoms with E-state index in [0.717, 1.165) is 18.7 Å². The Balaban J connectivity index is 0.00000220. The maximum Gasteiger partial charge on any atom is 0.222 e. The minimum absolute atomic E-state index is 0. The van der Waals surface area contributed by atoms with Crippen molar-refractivity contribution < 1.29 is 14.6 Å². The van der Waals surface area contributed by atoms with Crippen molar-refractivity contribution in [1.29, 1.82) is 0 Å². The molecule has 2 unspecified atom stereocenters. The van der Waals surface area contributed by atoms with E-state index < -0.39 is 6.10 Å². The molecule has 3 N–H and O–H groups in total. The van der Waals surface area contributed by atoms with Gasteiger partial charge >= 0.3 is 0 Å². The van der Waals surface area contributed by atoms with Gasteiger partial charge in [0.15, 0.2) is 0 Å². The molecule has 0 spiro atoms. The number of carbonyl (C=O) groups excluding carboxylic acids is 1. The molecule has 1 heterocycles. The summed E-state index contributed by atoms with van der Waals surface area (Å²) in [5.74, 6) is -0.0287. The van der Waals surface area contributed by atoms with E-state index in [1.165, 1.54) is 0 Å². The van der Waals surface area contributed by atoms with Gasteiger partial charge in [0.1, 0.15) is 0 Å².